The van der Waals surface area contributed by atoms with Crippen molar-refractivity contribution in [2.45, 2.75) is 12.1 Å². The van der Waals surface area contributed by atoms with Gasteiger partial charge in [-0.1, -0.05) is 23.9 Å². The fourth-order valence-corrected chi connectivity index (χ4v) is 3.66. The number of carbonyl (C=O) groups is 1. The fourth-order valence-electron chi connectivity index (χ4n) is 2.91. The molecule has 150 valence electrons. The van der Waals surface area contributed by atoms with Crippen molar-refractivity contribution < 1.29 is 9.18 Å². The average Bonchev–Trinajstić information content (AvgIpc) is 3.19. The molecular formula is C22H18FN5OS. The van der Waals surface area contributed by atoms with Crippen LogP contribution in [0.5, 0.6) is 0 Å². The first-order valence-corrected chi connectivity index (χ1v) is 10.2. The van der Waals surface area contributed by atoms with Gasteiger partial charge in [0.1, 0.15) is 5.82 Å². The zero-order valence-corrected chi connectivity index (χ0v) is 16.9. The molecule has 30 heavy (non-hydrogen) atoms. The average molecular weight is 419 g/mol. The predicted octanol–water partition coefficient (Wildman–Crippen LogP) is 4.51. The van der Waals surface area contributed by atoms with Gasteiger partial charge in [0.25, 0.3) is 0 Å². The molecule has 1 amide bonds. The summed E-state index contributed by atoms with van der Waals surface area (Å²) in [5.74, 6) is 0.245. The third kappa shape index (κ3) is 4.55. The van der Waals surface area contributed by atoms with E-state index in [1.54, 1.807) is 12.4 Å². The number of hydrogen-bond acceptors (Lipinski definition) is 5. The second-order valence-electron chi connectivity index (χ2n) is 6.56. The Hall–Kier alpha value is -3.52. The number of benzene rings is 2. The molecule has 2 aromatic carbocycles. The van der Waals surface area contributed by atoms with Gasteiger partial charge in [0, 0.05) is 29.3 Å². The van der Waals surface area contributed by atoms with Crippen LogP contribution in [-0.4, -0.2) is 31.4 Å². The number of anilines is 1. The lowest BCUT2D eigenvalue weighted by Crippen LogP contribution is -2.14. The first-order chi connectivity index (χ1) is 14.6. The van der Waals surface area contributed by atoms with E-state index in [9.17, 15) is 9.18 Å². The summed E-state index contributed by atoms with van der Waals surface area (Å²) in [6.07, 6.45) is 3.40. The Kier molecular flexibility index (Phi) is 5.85. The molecule has 0 fully saturated rings. The van der Waals surface area contributed by atoms with Crippen LogP contribution in [0, 0.1) is 12.7 Å². The molecule has 0 aliphatic rings. The van der Waals surface area contributed by atoms with Gasteiger partial charge in [0.15, 0.2) is 11.0 Å². The maximum Gasteiger partial charge on any atom is 0.234 e. The van der Waals surface area contributed by atoms with Crippen molar-refractivity contribution in [3.63, 3.8) is 0 Å². The van der Waals surface area contributed by atoms with Gasteiger partial charge >= 0.3 is 0 Å². The SMILES string of the molecule is Cc1cccc(-n2c(SCC(=O)Nc3ccc(F)cc3)nnc2-c2ccncc2)c1. The van der Waals surface area contributed by atoms with Crippen molar-refractivity contribution in [2.75, 3.05) is 11.1 Å². The van der Waals surface area contributed by atoms with Crippen molar-refractivity contribution in [3.8, 4) is 17.1 Å². The quantitative estimate of drug-likeness (QED) is 0.466. The highest BCUT2D eigenvalue weighted by molar-refractivity contribution is 7.99. The molecule has 0 aliphatic heterocycles. The van der Waals surface area contributed by atoms with Crippen LogP contribution in [0.4, 0.5) is 10.1 Å². The largest absolute Gasteiger partial charge is 0.325 e. The van der Waals surface area contributed by atoms with E-state index >= 15 is 0 Å². The predicted molar refractivity (Wildman–Crippen MR) is 115 cm³/mol. The topological polar surface area (TPSA) is 72.7 Å². The summed E-state index contributed by atoms with van der Waals surface area (Å²) >= 11 is 1.28. The van der Waals surface area contributed by atoms with Crippen molar-refractivity contribution in [1.82, 2.24) is 19.7 Å². The Bertz CT molecular complexity index is 1160. The summed E-state index contributed by atoms with van der Waals surface area (Å²) in [5.41, 5.74) is 3.43. The number of aromatic nitrogens is 4. The number of thioether (sulfide) groups is 1. The number of amides is 1. The number of nitrogens with one attached hydrogen (secondary N) is 1. The van der Waals surface area contributed by atoms with Crippen LogP contribution in [0.2, 0.25) is 0 Å². The molecule has 0 unspecified atom stereocenters. The molecule has 0 bridgehead atoms. The second kappa shape index (κ2) is 8.87. The summed E-state index contributed by atoms with van der Waals surface area (Å²) in [5, 5.41) is 12.0. The Labute approximate surface area is 177 Å². The van der Waals surface area contributed by atoms with Gasteiger partial charge in [-0.3, -0.25) is 14.3 Å². The van der Waals surface area contributed by atoms with Gasteiger partial charge in [-0.25, -0.2) is 4.39 Å². The number of carbonyl (C=O) groups excluding carboxylic acids is 1. The summed E-state index contributed by atoms with van der Waals surface area (Å²) in [6.45, 7) is 2.02. The highest BCUT2D eigenvalue weighted by Crippen LogP contribution is 2.28. The molecule has 2 heterocycles. The van der Waals surface area contributed by atoms with E-state index in [1.165, 1.54) is 36.0 Å². The van der Waals surface area contributed by atoms with Gasteiger partial charge in [-0.2, -0.15) is 0 Å². The molecular weight excluding hydrogens is 401 g/mol. The fraction of sp³-hybridized carbons (Fsp3) is 0.0909. The van der Waals surface area contributed by atoms with Crippen LogP contribution >= 0.6 is 11.8 Å². The van der Waals surface area contributed by atoms with E-state index in [0.29, 0.717) is 16.7 Å². The molecule has 0 saturated heterocycles. The minimum Gasteiger partial charge on any atom is -0.325 e. The van der Waals surface area contributed by atoms with Gasteiger partial charge in [-0.05, 0) is 61.0 Å². The number of nitrogens with zero attached hydrogens (tertiary/aromatic N) is 4. The molecule has 6 nitrogen and oxygen atoms in total. The van der Waals surface area contributed by atoms with E-state index in [4.69, 9.17) is 0 Å². The number of aryl methyl sites for hydroxylation is 1. The Morgan fingerprint density at radius 3 is 2.57 bits per heavy atom. The second-order valence-corrected chi connectivity index (χ2v) is 7.50. The monoisotopic (exact) mass is 419 g/mol. The summed E-state index contributed by atoms with van der Waals surface area (Å²) in [4.78, 5) is 16.4. The standard InChI is InChI=1S/C22H18FN5OS/c1-15-3-2-4-19(13-15)28-21(16-9-11-24-12-10-16)26-27-22(28)30-14-20(29)25-18-7-5-17(23)6-8-18/h2-13H,14H2,1H3,(H,25,29). The maximum absolute atomic E-state index is 13.0. The zero-order valence-electron chi connectivity index (χ0n) is 16.1. The smallest absolute Gasteiger partial charge is 0.234 e. The third-order valence-electron chi connectivity index (χ3n) is 4.29. The highest BCUT2D eigenvalue weighted by Gasteiger charge is 2.17. The molecule has 1 N–H and O–H groups in total. The zero-order chi connectivity index (χ0) is 20.9. The molecule has 4 rings (SSSR count). The van der Waals surface area contributed by atoms with Crippen LogP contribution in [-0.2, 0) is 4.79 Å². The number of pyridine rings is 1. The van der Waals surface area contributed by atoms with Crippen LogP contribution in [0.25, 0.3) is 17.1 Å². The molecule has 2 aromatic heterocycles. The van der Waals surface area contributed by atoms with Crippen LogP contribution in [0.3, 0.4) is 0 Å². The molecule has 0 atom stereocenters. The summed E-state index contributed by atoms with van der Waals surface area (Å²) < 4.78 is 15.0. The van der Waals surface area contributed by atoms with E-state index in [-0.39, 0.29) is 17.5 Å². The number of halogens is 1. The molecule has 8 heteroatoms. The summed E-state index contributed by atoms with van der Waals surface area (Å²) in [6, 6.07) is 17.4. The van der Waals surface area contributed by atoms with Crippen LogP contribution < -0.4 is 5.32 Å². The van der Waals surface area contributed by atoms with Crippen molar-refractivity contribution >= 4 is 23.4 Å². The molecule has 0 radical (unpaired) electrons. The normalized spacial score (nSPS) is 10.7. The lowest BCUT2D eigenvalue weighted by Gasteiger charge is -2.11. The maximum atomic E-state index is 13.0. The van der Waals surface area contributed by atoms with Gasteiger partial charge in [0.2, 0.25) is 5.91 Å². The van der Waals surface area contributed by atoms with E-state index in [0.717, 1.165) is 16.8 Å². The Morgan fingerprint density at radius 2 is 1.83 bits per heavy atom. The summed E-state index contributed by atoms with van der Waals surface area (Å²) in [7, 11) is 0. The van der Waals surface area contributed by atoms with Crippen molar-refractivity contribution in [1.29, 1.82) is 0 Å². The molecule has 0 saturated carbocycles. The Balaban J connectivity index is 1.59. The van der Waals surface area contributed by atoms with E-state index in [2.05, 4.69) is 20.5 Å². The minimum absolute atomic E-state index is 0.137. The van der Waals surface area contributed by atoms with Crippen molar-refractivity contribution in [3.05, 3.63) is 84.4 Å². The van der Waals surface area contributed by atoms with E-state index in [1.807, 2.05) is 47.9 Å². The minimum atomic E-state index is -0.350. The molecule has 4 aromatic rings. The lowest BCUT2D eigenvalue weighted by atomic mass is 10.2. The van der Waals surface area contributed by atoms with Gasteiger partial charge < -0.3 is 5.32 Å². The first kappa shape index (κ1) is 19.8. The van der Waals surface area contributed by atoms with Gasteiger partial charge in [-0.15, -0.1) is 10.2 Å². The van der Waals surface area contributed by atoms with Gasteiger partial charge in [0.05, 0.1) is 5.75 Å². The number of rotatable bonds is 6. The number of hydrogen-bond donors (Lipinski definition) is 1. The molecule has 0 spiro atoms. The third-order valence-corrected chi connectivity index (χ3v) is 5.22. The van der Waals surface area contributed by atoms with Crippen LogP contribution in [0.15, 0.2) is 78.2 Å². The van der Waals surface area contributed by atoms with Crippen LogP contribution in [0.1, 0.15) is 5.56 Å². The highest BCUT2D eigenvalue weighted by atomic mass is 32.2. The van der Waals surface area contributed by atoms with E-state index < -0.39 is 0 Å². The molecule has 0 aliphatic carbocycles. The lowest BCUT2D eigenvalue weighted by molar-refractivity contribution is -0.113. The van der Waals surface area contributed by atoms with Crippen molar-refractivity contribution in [2.24, 2.45) is 0 Å². The first-order valence-electron chi connectivity index (χ1n) is 9.21. The Morgan fingerprint density at radius 1 is 1.07 bits per heavy atom.